The van der Waals surface area contributed by atoms with Gasteiger partial charge in [-0.05, 0) is 76.2 Å². The van der Waals surface area contributed by atoms with E-state index in [0.717, 1.165) is 48.8 Å². The van der Waals surface area contributed by atoms with Crippen molar-refractivity contribution in [3.05, 3.63) is 23.8 Å². The third kappa shape index (κ3) is 7.79. The van der Waals surface area contributed by atoms with Gasteiger partial charge in [-0.2, -0.15) is 0 Å². The highest BCUT2D eigenvalue weighted by molar-refractivity contribution is 5.76. The Bertz CT molecular complexity index is 581. The van der Waals surface area contributed by atoms with Crippen LogP contribution < -0.4 is 14.8 Å². The third-order valence-electron chi connectivity index (χ3n) is 5.26. The average molecular weight is 377 g/mol. The second-order valence-corrected chi connectivity index (χ2v) is 8.01. The molecule has 1 fully saturated rings. The monoisotopic (exact) mass is 376 g/mol. The first-order valence-corrected chi connectivity index (χ1v) is 10.2. The topological polar surface area (TPSA) is 50.8 Å². The van der Waals surface area contributed by atoms with E-state index in [0.29, 0.717) is 25.5 Å². The average Bonchev–Trinajstić information content (AvgIpc) is 2.65. The molecule has 0 bridgehead atoms. The molecule has 1 amide bonds. The lowest BCUT2D eigenvalue weighted by atomic mass is 9.87. The molecular weight excluding hydrogens is 340 g/mol. The molecule has 1 saturated carbocycles. The van der Waals surface area contributed by atoms with E-state index in [1.165, 1.54) is 12.8 Å². The van der Waals surface area contributed by atoms with E-state index in [9.17, 15) is 4.79 Å². The van der Waals surface area contributed by atoms with Gasteiger partial charge in [-0.3, -0.25) is 4.79 Å². The first-order chi connectivity index (χ1) is 13.0. The predicted octanol–water partition coefficient (Wildman–Crippen LogP) is 3.65. The van der Waals surface area contributed by atoms with Gasteiger partial charge in [-0.15, -0.1) is 0 Å². The fourth-order valence-electron chi connectivity index (χ4n) is 3.51. The Labute approximate surface area is 164 Å². The van der Waals surface area contributed by atoms with E-state index >= 15 is 0 Å². The van der Waals surface area contributed by atoms with E-state index < -0.39 is 0 Å². The standard InChI is InChI=1S/C22H36N2O3/c1-17-6-10-19(11-7-17)23-22(25)13-9-18-8-12-20(21(16-18)26-4)27-15-5-14-24(2)3/h8,12,16-17,19H,5-7,9-11,13-15H2,1-4H3,(H,23,25). The lowest BCUT2D eigenvalue weighted by molar-refractivity contribution is -0.122. The van der Waals surface area contributed by atoms with Gasteiger partial charge in [0.1, 0.15) is 0 Å². The van der Waals surface area contributed by atoms with Crippen LogP contribution in [0.5, 0.6) is 11.5 Å². The SMILES string of the molecule is COc1cc(CCC(=O)NC2CCC(C)CC2)ccc1OCCCN(C)C. The molecule has 1 aliphatic rings. The summed E-state index contributed by atoms with van der Waals surface area (Å²) in [5.74, 6) is 2.45. The van der Waals surface area contributed by atoms with Gasteiger partial charge < -0.3 is 19.7 Å². The van der Waals surface area contributed by atoms with Crippen molar-refractivity contribution in [1.82, 2.24) is 10.2 Å². The van der Waals surface area contributed by atoms with E-state index in [1.54, 1.807) is 7.11 Å². The number of nitrogens with zero attached hydrogens (tertiary/aromatic N) is 1. The molecular formula is C22H36N2O3. The minimum absolute atomic E-state index is 0.150. The van der Waals surface area contributed by atoms with Crippen molar-refractivity contribution in [1.29, 1.82) is 0 Å². The predicted molar refractivity (Wildman–Crippen MR) is 110 cm³/mol. The smallest absolute Gasteiger partial charge is 0.220 e. The van der Waals surface area contributed by atoms with Crippen LogP contribution in [0.4, 0.5) is 0 Å². The zero-order valence-electron chi connectivity index (χ0n) is 17.4. The van der Waals surface area contributed by atoms with E-state index in [2.05, 4.69) is 31.2 Å². The largest absolute Gasteiger partial charge is 0.493 e. The van der Waals surface area contributed by atoms with Crippen molar-refractivity contribution in [2.45, 2.75) is 57.9 Å². The maximum absolute atomic E-state index is 12.2. The minimum atomic E-state index is 0.150. The van der Waals surface area contributed by atoms with Gasteiger partial charge in [-0.1, -0.05) is 13.0 Å². The van der Waals surface area contributed by atoms with Crippen LogP contribution >= 0.6 is 0 Å². The maximum atomic E-state index is 12.2. The minimum Gasteiger partial charge on any atom is -0.493 e. The van der Waals surface area contributed by atoms with Crippen LogP contribution in [0.1, 0.15) is 51.0 Å². The van der Waals surface area contributed by atoms with Crippen molar-refractivity contribution in [3.63, 3.8) is 0 Å². The zero-order chi connectivity index (χ0) is 19.6. The Hall–Kier alpha value is -1.75. The van der Waals surface area contributed by atoms with Crippen LogP contribution in [0.2, 0.25) is 0 Å². The maximum Gasteiger partial charge on any atom is 0.220 e. The lowest BCUT2D eigenvalue weighted by Gasteiger charge is -2.26. The normalized spacial score (nSPS) is 19.7. The van der Waals surface area contributed by atoms with Crippen molar-refractivity contribution in [2.75, 3.05) is 34.4 Å². The van der Waals surface area contributed by atoms with Crippen LogP contribution in [-0.2, 0) is 11.2 Å². The number of hydrogen-bond acceptors (Lipinski definition) is 4. The van der Waals surface area contributed by atoms with E-state index in [4.69, 9.17) is 9.47 Å². The molecule has 0 unspecified atom stereocenters. The van der Waals surface area contributed by atoms with Crippen molar-refractivity contribution in [2.24, 2.45) is 5.92 Å². The zero-order valence-corrected chi connectivity index (χ0v) is 17.4. The summed E-state index contributed by atoms with van der Waals surface area (Å²) in [6.07, 6.45) is 6.86. The summed E-state index contributed by atoms with van der Waals surface area (Å²) in [5, 5.41) is 3.19. The number of rotatable bonds is 10. The Morgan fingerprint density at radius 3 is 2.59 bits per heavy atom. The summed E-state index contributed by atoms with van der Waals surface area (Å²) in [5.41, 5.74) is 1.10. The first-order valence-electron chi connectivity index (χ1n) is 10.2. The van der Waals surface area contributed by atoms with Crippen LogP contribution in [0.25, 0.3) is 0 Å². The molecule has 152 valence electrons. The number of benzene rings is 1. The van der Waals surface area contributed by atoms with Crippen LogP contribution in [0.3, 0.4) is 0 Å². The molecule has 0 radical (unpaired) electrons. The first kappa shape index (κ1) is 21.5. The van der Waals surface area contributed by atoms with Crippen molar-refractivity contribution < 1.29 is 14.3 Å². The summed E-state index contributed by atoms with van der Waals surface area (Å²) < 4.78 is 11.3. The number of methoxy groups -OCH3 is 1. The molecule has 2 rings (SSSR count). The Morgan fingerprint density at radius 1 is 1.19 bits per heavy atom. The Morgan fingerprint density at radius 2 is 1.93 bits per heavy atom. The lowest BCUT2D eigenvalue weighted by Crippen LogP contribution is -2.37. The molecule has 5 nitrogen and oxygen atoms in total. The summed E-state index contributed by atoms with van der Waals surface area (Å²) in [6.45, 7) is 3.95. The second kappa shape index (κ2) is 11.2. The molecule has 0 atom stereocenters. The highest BCUT2D eigenvalue weighted by Crippen LogP contribution is 2.29. The number of carbonyl (C=O) groups is 1. The number of aryl methyl sites for hydroxylation is 1. The van der Waals surface area contributed by atoms with Crippen molar-refractivity contribution >= 4 is 5.91 Å². The van der Waals surface area contributed by atoms with E-state index in [-0.39, 0.29) is 5.91 Å². The molecule has 5 heteroatoms. The molecule has 27 heavy (non-hydrogen) atoms. The highest BCUT2D eigenvalue weighted by atomic mass is 16.5. The van der Waals surface area contributed by atoms with Gasteiger partial charge in [-0.25, -0.2) is 0 Å². The molecule has 1 aromatic rings. The summed E-state index contributed by atoms with van der Waals surface area (Å²) in [4.78, 5) is 14.4. The second-order valence-electron chi connectivity index (χ2n) is 8.01. The number of nitrogens with one attached hydrogen (secondary N) is 1. The van der Waals surface area contributed by atoms with Crippen LogP contribution in [0.15, 0.2) is 18.2 Å². The summed E-state index contributed by atoms with van der Waals surface area (Å²) >= 11 is 0. The molecule has 0 aromatic heterocycles. The van der Waals surface area contributed by atoms with Gasteiger partial charge in [0.25, 0.3) is 0 Å². The molecule has 1 aliphatic carbocycles. The van der Waals surface area contributed by atoms with Gasteiger partial charge in [0, 0.05) is 19.0 Å². The van der Waals surface area contributed by atoms with Crippen molar-refractivity contribution in [3.8, 4) is 11.5 Å². The van der Waals surface area contributed by atoms with Crippen LogP contribution in [-0.4, -0.2) is 51.2 Å². The number of carbonyl (C=O) groups excluding carboxylic acids is 1. The number of amides is 1. The summed E-state index contributed by atoms with van der Waals surface area (Å²) in [7, 11) is 5.77. The third-order valence-corrected chi connectivity index (χ3v) is 5.26. The number of ether oxygens (including phenoxy) is 2. The fourth-order valence-corrected chi connectivity index (χ4v) is 3.51. The molecule has 0 spiro atoms. The molecule has 1 aromatic carbocycles. The van der Waals surface area contributed by atoms with Gasteiger partial charge in [0.15, 0.2) is 11.5 Å². The molecule has 0 heterocycles. The quantitative estimate of drug-likeness (QED) is 0.633. The van der Waals surface area contributed by atoms with Gasteiger partial charge in [0.2, 0.25) is 5.91 Å². The number of hydrogen-bond donors (Lipinski definition) is 1. The molecule has 0 aliphatic heterocycles. The highest BCUT2D eigenvalue weighted by Gasteiger charge is 2.19. The Balaban J connectivity index is 1.78. The molecule has 0 saturated heterocycles. The molecule has 1 N–H and O–H groups in total. The van der Waals surface area contributed by atoms with E-state index in [1.807, 2.05) is 18.2 Å². The fraction of sp³-hybridized carbons (Fsp3) is 0.682. The van der Waals surface area contributed by atoms with Gasteiger partial charge >= 0.3 is 0 Å². The summed E-state index contributed by atoms with van der Waals surface area (Å²) in [6, 6.07) is 6.32. The van der Waals surface area contributed by atoms with Crippen LogP contribution in [0, 0.1) is 5.92 Å². The Kier molecular flexibility index (Phi) is 8.92. The van der Waals surface area contributed by atoms with Gasteiger partial charge in [0.05, 0.1) is 13.7 Å².